The van der Waals surface area contributed by atoms with E-state index in [1.54, 1.807) is 24.3 Å². The Bertz CT molecular complexity index is 917. The maximum Gasteiger partial charge on any atom is 0.321 e. The Labute approximate surface area is 164 Å². The fraction of sp³-hybridized carbons (Fsp3) is 0.176. The number of ketones is 1. The van der Waals surface area contributed by atoms with Crippen LogP contribution < -0.4 is 4.72 Å². The first-order valence-electron chi connectivity index (χ1n) is 7.44. The fourth-order valence-electron chi connectivity index (χ4n) is 1.79. The van der Waals surface area contributed by atoms with Crippen LogP contribution in [-0.4, -0.2) is 33.3 Å². The Hall–Kier alpha value is -1.81. The van der Waals surface area contributed by atoms with Gasteiger partial charge in [-0.15, -0.1) is 11.3 Å². The highest BCUT2D eigenvalue weighted by Crippen LogP contribution is 2.22. The van der Waals surface area contributed by atoms with Crippen LogP contribution >= 0.6 is 27.3 Å². The van der Waals surface area contributed by atoms with E-state index in [0.717, 1.165) is 20.3 Å². The van der Waals surface area contributed by atoms with Gasteiger partial charge in [0.25, 0.3) is 0 Å². The first-order chi connectivity index (χ1) is 12.2. The number of Topliss-reactive ketones (excluding diaryl/α,β-unsaturated/α-hetero) is 1. The van der Waals surface area contributed by atoms with Crippen molar-refractivity contribution in [2.75, 3.05) is 13.2 Å². The number of thiophene rings is 1. The summed E-state index contributed by atoms with van der Waals surface area (Å²) in [6.07, 6.45) is 1.42. The van der Waals surface area contributed by atoms with Crippen LogP contribution in [0.15, 0.2) is 45.6 Å². The molecule has 0 spiro atoms. The molecule has 26 heavy (non-hydrogen) atoms. The number of carbonyl (C=O) groups is 2. The van der Waals surface area contributed by atoms with Gasteiger partial charge in [0.15, 0.2) is 6.61 Å². The van der Waals surface area contributed by atoms with E-state index < -0.39 is 29.1 Å². The van der Waals surface area contributed by atoms with Crippen molar-refractivity contribution in [3.05, 3.63) is 61.6 Å². The van der Waals surface area contributed by atoms with Crippen molar-refractivity contribution >= 4 is 55.1 Å². The van der Waals surface area contributed by atoms with Gasteiger partial charge < -0.3 is 4.74 Å². The summed E-state index contributed by atoms with van der Waals surface area (Å²) in [5.74, 6) is -1.18. The minimum absolute atomic E-state index is 0.351. The third-order valence-electron chi connectivity index (χ3n) is 3.15. The highest BCUT2D eigenvalue weighted by Gasteiger charge is 2.14. The number of aryl methyl sites for hydroxylation is 1. The first-order valence-corrected chi connectivity index (χ1v) is 10.6. The van der Waals surface area contributed by atoms with Gasteiger partial charge in [-0.1, -0.05) is 29.8 Å². The molecule has 138 valence electrons. The summed E-state index contributed by atoms with van der Waals surface area (Å²) in [5.41, 5.74) is 1.78. The van der Waals surface area contributed by atoms with Crippen molar-refractivity contribution in [1.82, 2.24) is 4.72 Å². The molecular weight excluding hydrogens is 442 g/mol. The lowest BCUT2D eigenvalue weighted by molar-refractivity contribution is -0.141. The van der Waals surface area contributed by atoms with Crippen LogP contribution in [0.2, 0.25) is 0 Å². The number of nitrogens with one attached hydrogen (secondary N) is 1. The van der Waals surface area contributed by atoms with E-state index in [4.69, 9.17) is 4.74 Å². The third-order valence-corrected chi connectivity index (χ3v) is 5.85. The number of hydrogen-bond acceptors (Lipinski definition) is 6. The van der Waals surface area contributed by atoms with Crippen LogP contribution in [0, 0.1) is 6.92 Å². The van der Waals surface area contributed by atoms with Gasteiger partial charge >= 0.3 is 5.97 Å². The highest BCUT2D eigenvalue weighted by molar-refractivity contribution is 9.11. The molecule has 0 saturated heterocycles. The first kappa shape index (κ1) is 20.5. The van der Waals surface area contributed by atoms with E-state index in [9.17, 15) is 18.0 Å². The van der Waals surface area contributed by atoms with E-state index >= 15 is 0 Å². The number of carbonyl (C=O) groups excluding carboxylic acids is 2. The molecule has 2 rings (SSSR count). The molecule has 9 heteroatoms. The topological polar surface area (TPSA) is 89.5 Å². The van der Waals surface area contributed by atoms with Gasteiger partial charge in [0, 0.05) is 5.41 Å². The molecule has 0 fully saturated rings. The lowest BCUT2D eigenvalue weighted by atomic mass is 10.2. The van der Waals surface area contributed by atoms with Gasteiger partial charge in [-0.3, -0.25) is 9.59 Å². The van der Waals surface area contributed by atoms with Gasteiger partial charge in [0.05, 0.1) is 8.66 Å². The summed E-state index contributed by atoms with van der Waals surface area (Å²) in [6, 6.07) is 10.6. The van der Waals surface area contributed by atoms with Crippen LogP contribution in [0.5, 0.6) is 0 Å². The molecule has 0 unspecified atom stereocenters. The van der Waals surface area contributed by atoms with Gasteiger partial charge in [0.1, 0.15) is 6.54 Å². The molecule has 1 aromatic carbocycles. The molecule has 2 aromatic rings. The smallest absolute Gasteiger partial charge is 0.321 e. The average Bonchev–Trinajstić information content (AvgIpc) is 3.04. The summed E-state index contributed by atoms with van der Waals surface area (Å²) in [6.45, 7) is 0.939. The van der Waals surface area contributed by atoms with Crippen LogP contribution in [0.4, 0.5) is 0 Å². The van der Waals surface area contributed by atoms with Crippen LogP contribution in [0.25, 0.3) is 6.08 Å². The summed E-state index contributed by atoms with van der Waals surface area (Å²) in [4.78, 5) is 23.9. The average molecular weight is 458 g/mol. The van der Waals surface area contributed by atoms with Crippen molar-refractivity contribution in [1.29, 1.82) is 0 Å². The molecule has 1 aromatic heterocycles. The van der Waals surface area contributed by atoms with E-state index in [1.807, 2.05) is 19.1 Å². The van der Waals surface area contributed by atoms with Crippen molar-refractivity contribution < 1.29 is 22.7 Å². The fourth-order valence-corrected chi connectivity index (χ4v) is 3.85. The van der Waals surface area contributed by atoms with E-state index in [1.165, 1.54) is 17.4 Å². The van der Waals surface area contributed by atoms with Crippen molar-refractivity contribution in [3.63, 3.8) is 0 Å². The van der Waals surface area contributed by atoms with E-state index in [0.29, 0.717) is 4.88 Å². The summed E-state index contributed by atoms with van der Waals surface area (Å²) in [7, 11) is -3.79. The largest absolute Gasteiger partial charge is 0.456 e. The number of sulfonamides is 1. The summed E-state index contributed by atoms with van der Waals surface area (Å²) >= 11 is 4.46. The highest BCUT2D eigenvalue weighted by atomic mass is 79.9. The van der Waals surface area contributed by atoms with Gasteiger partial charge in [-0.2, -0.15) is 0 Å². The molecule has 0 aliphatic heterocycles. The van der Waals surface area contributed by atoms with Crippen molar-refractivity contribution in [2.45, 2.75) is 6.92 Å². The second-order valence-electron chi connectivity index (χ2n) is 5.27. The van der Waals surface area contributed by atoms with Gasteiger partial charge in [0.2, 0.25) is 15.8 Å². The molecule has 0 atom stereocenters. The lowest BCUT2D eigenvalue weighted by Gasteiger charge is -2.04. The van der Waals surface area contributed by atoms with Crippen LogP contribution in [0.3, 0.4) is 0 Å². The predicted molar refractivity (Wildman–Crippen MR) is 104 cm³/mol. The minimum Gasteiger partial charge on any atom is -0.456 e. The number of ether oxygens (including phenoxy) is 1. The molecule has 0 bridgehead atoms. The van der Waals surface area contributed by atoms with Crippen LogP contribution in [0.1, 0.15) is 20.8 Å². The molecule has 0 aliphatic carbocycles. The second-order valence-corrected chi connectivity index (χ2v) is 9.38. The summed E-state index contributed by atoms with van der Waals surface area (Å²) in [5, 5.41) is 0.972. The molecule has 1 heterocycles. The quantitative estimate of drug-likeness (QED) is 0.485. The standard InChI is InChI=1S/C17H16BrNO5S2/c1-12-2-4-13(5-3-12)8-9-26(22,23)19-10-17(21)24-11-14(20)15-6-7-16(18)25-15/h2-9,19H,10-11H2,1H3. The van der Waals surface area contributed by atoms with Crippen molar-refractivity contribution in [3.8, 4) is 0 Å². The number of hydrogen-bond donors (Lipinski definition) is 1. The predicted octanol–water partition coefficient (Wildman–Crippen LogP) is 3.14. The normalized spacial score (nSPS) is 11.6. The zero-order valence-electron chi connectivity index (χ0n) is 13.8. The van der Waals surface area contributed by atoms with E-state index in [-0.39, 0.29) is 5.78 Å². The monoisotopic (exact) mass is 457 g/mol. The lowest BCUT2D eigenvalue weighted by Crippen LogP contribution is -2.30. The Morgan fingerprint density at radius 1 is 1.19 bits per heavy atom. The molecule has 6 nitrogen and oxygen atoms in total. The maximum atomic E-state index is 11.9. The number of benzene rings is 1. The molecule has 0 saturated carbocycles. The van der Waals surface area contributed by atoms with Gasteiger partial charge in [-0.05, 0) is 46.6 Å². The molecule has 0 aliphatic rings. The Morgan fingerprint density at radius 2 is 1.88 bits per heavy atom. The molecular formula is C17H16BrNO5S2. The number of esters is 1. The number of halogens is 1. The van der Waals surface area contributed by atoms with Crippen LogP contribution in [-0.2, 0) is 19.6 Å². The van der Waals surface area contributed by atoms with Crippen molar-refractivity contribution in [2.24, 2.45) is 0 Å². The number of rotatable bonds is 8. The Balaban J connectivity index is 1.80. The zero-order chi connectivity index (χ0) is 19.2. The van der Waals surface area contributed by atoms with Gasteiger partial charge in [-0.25, -0.2) is 13.1 Å². The Morgan fingerprint density at radius 3 is 2.50 bits per heavy atom. The van der Waals surface area contributed by atoms with E-state index in [2.05, 4.69) is 20.7 Å². The Kier molecular flexibility index (Phi) is 7.27. The minimum atomic E-state index is -3.79. The third kappa shape index (κ3) is 6.83. The molecule has 0 amide bonds. The molecule has 1 N–H and O–H groups in total. The maximum absolute atomic E-state index is 11.9. The second kappa shape index (κ2) is 9.22. The molecule has 0 radical (unpaired) electrons. The zero-order valence-corrected chi connectivity index (χ0v) is 17.0. The summed E-state index contributed by atoms with van der Waals surface area (Å²) < 4.78 is 31.4. The SMILES string of the molecule is Cc1ccc(C=CS(=O)(=O)NCC(=O)OCC(=O)c2ccc(Br)s2)cc1.